The van der Waals surface area contributed by atoms with Gasteiger partial charge in [0.05, 0.1) is 0 Å². The van der Waals surface area contributed by atoms with Crippen LogP contribution in [0.2, 0.25) is 0 Å². The standard InChI is InChI=1S/C7H12.H2S/c1-3-5-7-6-4-2;/h1H,4-7H2,2H3;1H2. The van der Waals surface area contributed by atoms with Crippen LogP contribution in [0, 0.1) is 12.3 Å². The summed E-state index contributed by atoms with van der Waals surface area (Å²) in [6.45, 7) is 2.18. The molecular formula is C7H14S. The van der Waals surface area contributed by atoms with Crippen LogP contribution >= 0.6 is 13.5 Å². The Morgan fingerprint density at radius 3 is 2.38 bits per heavy atom. The Morgan fingerprint density at radius 2 is 2.00 bits per heavy atom. The second kappa shape index (κ2) is 10.0. The molecule has 8 heavy (non-hydrogen) atoms. The van der Waals surface area contributed by atoms with E-state index in [0.29, 0.717) is 0 Å². The molecule has 0 spiro atoms. The SMILES string of the molecule is C#CCCCCC.S. The third-order valence-corrected chi connectivity index (χ3v) is 0.925. The Hall–Kier alpha value is -0.0900. The van der Waals surface area contributed by atoms with Gasteiger partial charge in [-0.05, 0) is 6.42 Å². The third-order valence-electron chi connectivity index (χ3n) is 0.925. The molecule has 0 saturated heterocycles. The molecule has 0 bridgehead atoms. The highest BCUT2D eigenvalue weighted by molar-refractivity contribution is 7.59. The normalized spacial score (nSPS) is 7.00. The lowest BCUT2D eigenvalue weighted by Gasteiger charge is -1.86. The Labute approximate surface area is 59.1 Å². The highest BCUT2D eigenvalue weighted by Crippen LogP contribution is 1.95. The van der Waals surface area contributed by atoms with Crippen molar-refractivity contribution < 1.29 is 0 Å². The summed E-state index contributed by atoms with van der Waals surface area (Å²) in [5.41, 5.74) is 0. The first-order valence-electron chi connectivity index (χ1n) is 2.85. The maximum Gasteiger partial charge on any atom is 0.00860 e. The zero-order valence-electron chi connectivity index (χ0n) is 5.41. The lowest BCUT2D eigenvalue weighted by molar-refractivity contribution is 0.737. The van der Waals surface area contributed by atoms with Crippen LogP contribution < -0.4 is 0 Å². The first-order valence-corrected chi connectivity index (χ1v) is 2.85. The summed E-state index contributed by atoms with van der Waals surface area (Å²) in [7, 11) is 0. The minimum atomic E-state index is 0. The van der Waals surface area contributed by atoms with Gasteiger partial charge in [-0.15, -0.1) is 12.3 Å². The van der Waals surface area contributed by atoms with E-state index in [0.717, 1.165) is 6.42 Å². The Bertz CT molecular complexity index is 61.3. The van der Waals surface area contributed by atoms with Gasteiger partial charge in [-0.3, -0.25) is 0 Å². The summed E-state index contributed by atoms with van der Waals surface area (Å²) in [5, 5.41) is 0. The molecular weight excluding hydrogens is 116 g/mol. The molecule has 0 nitrogen and oxygen atoms in total. The third kappa shape index (κ3) is 9.32. The minimum Gasteiger partial charge on any atom is -0.197 e. The summed E-state index contributed by atoms with van der Waals surface area (Å²) in [6, 6.07) is 0. The molecule has 0 amide bonds. The van der Waals surface area contributed by atoms with E-state index < -0.39 is 0 Å². The molecule has 0 rings (SSSR count). The van der Waals surface area contributed by atoms with E-state index in [-0.39, 0.29) is 13.5 Å². The van der Waals surface area contributed by atoms with Crippen molar-refractivity contribution in [2.45, 2.75) is 32.6 Å². The van der Waals surface area contributed by atoms with Crippen LogP contribution in [0.1, 0.15) is 32.6 Å². The molecule has 48 valence electrons. The molecule has 0 aliphatic heterocycles. The second-order valence-corrected chi connectivity index (χ2v) is 1.66. The van der Waals surface area contributed by atoms with Gasteiger partial charge in [0, 0.05) is 6.42 Å². The zero-order valence-corrected chi connectivity index (χ0v) is 6.41. The summed E-state index contributed by atoms with van der Waals surface area (Å²) in [4.78, 5) is 0. The van der Waals surface area contributed by atoms with E-state index in [1.54, 1.807) is 0 Å². The number of unbranched alkanes of at least 4 members (excludes halogenated alkanes) is 3. The van der Waals surface area contributed by atoms with E-state index in [1.165, 1.54) is 19.3 Å². The second-order valence-electron chi connectivity index (χ2n) is 1.66. The molecule has 0 aromatic carbocycles. The predicted molar refractivity (Wildman–Crippen MR) is 43.4 cm³/mol. The summed E-state index contributed by atoms with van der Waals surface area (Å²) in [5.74, 6) is 2.60. The zero-order chi connectivity index (χ0) is 5.54. The van der Waals surface area contributed by atoms with E-state index in [1.807, 2.05) is 0 Å². The van der Waals surface area contributed by atoms with Crippen molar-refractivity contribution in [3.63, 3.8) is 0 Å². The van der Waals surface area contributed by atoms with E-state index in [2.05, 4.69) is 12.8 Å². The molecule has 0 atom stereocenters. The van der Waals surface area contributed by atoms with Crippen LogP contribution in [0.4, 0.5) is 0 Å². The maximum absolute atomic E-state index is 5.02. The molecule has 0 aliphatic carbocycles. The van der Waals surface area contributed by atoms with Crippen molar-refractivity contribution >= 4 is 13.5 Å². The van der Waals surface area contributed by atoms with Crippen molar-refractivity contribution in [1.29, 1.82) is 0 Å². The van der Waals surface area contributed by atoms with Crippen molar-refractivity contribution in [2.24, 2.45) is 0 Å². The molecule has 0 fully saturated rings. The minimum absolute atomic E-state index is 0. The first kappa shape index (κ1) is 10.8. The van der Waals surface area contributed by atoms with Gasteiger partial charge in [-0.2, -0.15) is 13.5 Å². The summed E-state index contributed by atoms with van der Waals surface area (Å²) < 4.78 is 0. The largest absolute Gasteiger partial charge is 0.197 e. The van der Waals surface area contributed by atoms with Crippen LogP contribution in [0.15, 0.2) is 0 Å². The van der Waals surface area contributed by atoms with E-state index in [4.69, 9.17) is 6.42 Å². The lowest BCUT2D eigenvalue weighted by Crippen LogP contribution is -1.68. The monoisotopic (exact) mass is 130 g/mol. The van der Waals surface area contributed by atoms with Crippen molar-refractivity contribution in [1.82, 2.24) is 0 Å². The smallest absolute Gasteiger partial charge is 0.00860 e. The Kier molecular flexibility index (Phi) is 13.5. The average molecular weight is 130 g/mol. The first-order chi connectivity index (χ1) is 3.41. The van der Waals surface area contributed by atoms with Crippen molar-refractivity contribution in [3.8, 4) is 12.3 Å². The molecule has 1 heteroatoms. The van der Waals surface area contributed by atoms with Gasteiger partial charge in [0.2, 0.25) is 0 Å². The number of terminal acetylenes is 1. The molecule has 0 heterocycles. The molecule has 0 aliphatic rings. The number of rotatable bonds is 3. The molecule has 0 aromatic heterocycles. The fourth-order valence-electron chi connectivity index (χ4n) is 0.477. The highest BCUT2D eigenvalue weighted by atomic mass is 32.1. The number of hydrogen-bond acceptors (Lipinski definition) is 0. The van der Waals surface area contributed by atoms with Gasteiger partial charge in [0.15, 0.2) is 0 Å². The quantitative estimate of drug-likeness (QED) is 0.406. The van der Waals surface area contributed by atoms with Crippen LogP contribution in [-0.2, 0) is 0 Å². The van der Waals surface area contributed by atoms with Crippen LogP contribution in [0.5, 0.6) is 0 Å². The topological polar surface area (TPSA) is 0 Å². The maximum atomic E-state index is 5.02. The van der Waals surface area contributed by atoms with Gasteiger partial charge in [-0.25, -0.2) is 0 Å². The van der Waals surface area contributed by atoms with Crippen molar-refractivity contribution in [2.75, 3.05) is 0 Å². The van der Waals surface area contributed by atoms with Crippen LogP contribution in [-0.4, -0.2) is 0 Å². The van der Waals surface area contributed by atoms with Gasteiger partial charge >= 0.3 is 0 Å². The fraction of sp³-hybridized carbons (Fsp3) is 0.714. The predicted octanol–water partition coefficient (Wildman–Crippen LogP) is 2.31. The van der Waals surface area contributed by atoms with Crippen molar-refractivity contribution in [3.05, 3.63) is 0 Å². The summed E-state index contributed by atoms with van der Waals surface area (Å²) in [6.07, 6.45) is 9.72. The van der Waals surface area contributed by atoms with Gasteiger partial charge < -0.3 is 0 Å². The Balaban J connectivity index is 0. The van der Waals surface area contributed by atoms with E-state index >= 15 is 0 Å². The fourth-order valence-corrected chi connectivity index (χ4v) is 0.477. The summed E-state index contributed by atoms with van der Waals surface area (Å²) >= 11 is 0. The number of hydrogen-bond donors (Lipinski definition) is 0. The molecule has 0 radical (unpaired) electrons. The van der Waals surface area contributed by atoms with Gasteiger partial charge in [0.1, 0.15) is 0 Å². The molecule has 0 unspecified atom stereocenters. The van der Waals surface area contributed by atoms with Crippen LogP contribution in [0.3, 0.4) is 0 Å². The van der Waals surface area contributed by atoms with E-state index in [9.17, 15) is 0 Å². The molecule has 0 N–H and O–H groups in total. The molecule has 0 saturated carbocycles. The average Bonchev–Trinajstić information content (AvgIpc) is 1.69. The van der Waals surface area contributed by atoms with Gasteiger partial charge in [-0.1, -0.05) is 19.8 Å². The Morgan fingerprint density at radius 1 is 1.38 bits per heavy atom. The molecule has 0 aromatic rings. The van der Waals surface area contributed by atoms with Gasteiger partial charge in [0.25, 0.3) is 0 Å². The lowest BCUT2D eigenvalue weighted by atomic mass is 10.2. The van der Waals surface area contributed by atoms with Crippen LogP contribution in [0.25, 0.3) is 0 Å². The highest BCUT2D eigenvalue weighted by Gasteiger charge is 1.77.